The Morgan fingerprint density at radius 1 is 1.31 bits per heavy atom. The van der Waals surface area contributed by atoms with Crippen LogP contribution < -0.4 is 4.72 Å². The van der Waals surface area contributed by atoms with Crippen LogP contribution >= 0.6 is 0 Å². The van der Waals surface area contributed by atoms with Crippen LogP contribution in [0.25, 0.3) is 0 Å². The molecule has 0 saturated heterocycles. The molecule has 0 spiro atoms. The number of sulfonamides is 1. The highest BCUT2D eigenvalue weighted by molar-refractivity contribution is 7.92. The largest absolute Gasteiger partial charge is 0.478 e. The van der Waals surface area contributed by atoms with Crippen molar-refractivity contribution in [3.63, 3.8) is 0 Å². The van der Waals surface area contributed by atoms with Gasteiger partial charge in [-0.2, -0.15) is 0 Å². The fourth-order valence-electron chi connectivity index (χ4n) is 1.10. The zero-order valence-electron chi connectivity index (χ0n) is 8.25. The molecule has 0 aliphatic heterocycles. The number of rotatable bonds is 5. The zero-order chi connectivity index (χ0) is 12.2. The number of aliphatic hydroxyl groups is 1. The maximum absolute atomic E-state index is 11.3. The number of carboxylic acids is 1. The Hall–Kier alpha value is -1.60. The summed E-state index contributed by atoms with van der Waals surface area (Å²) in [6, 6.07) is 5.65. The lowest BCUT2D eigenvalue weighted by molar-refractivity contribution is 0.0698. The van der Waals surface area contributed by atoms with Crippen LogP contribution in [-0.4, -0.2) is 37.0 Å². The SMILES string of the molecule is O=C(O)c1ccccc1NS(=O)(=O)CCO. The van der Waals surface area contributed by atoms with Gasteiger partial charge in [-0.05, 0) is 12.1 Å². The van der Waals surface area contributed by atoms with E-state index in [9.17, 15) is 13.2 Å². The maximum atomic E-state index is 11.3. The van der Waals surface area contributed by atoms with Crippen molar-refractivity contribution < 1.29 is 23.4 Å². The summed E-state index contributed by atoms with van der Waals surface area (Å²) in [5, 5.41) is 17.3. The highest BCUT2D eigenvalue weighted by Crippen LogP contribution is 2.16. The molecule has 1 aromatic carbocycles. The van der Waals surface area contributed by atoms with Crippen LogP contribution in [0.5, 0.6) is 0 Å². The molecule has 0 aromatic heterocycles. The molecule has 0 radical (unpaired) electrons. The van der Waals surface area contributed by atoms with Crippen LogP contribution in [0.4, 0.5) is 5.69 Å². The molecule has 7 heteroatoms. The number of aromatic carboxylic acids is 1. The van der Waals surface area contributed by atoms with Crippen LogP contribution in [-0.2, 0) is 10.0 Å². The van der Waals surface area contributed by atoms with E-state index in [1.807, 2.05) is 0 Å². The van der Waals surface area contributed by atoms with E-state index in [1.165, 1.54) is 24.3 Å². The number of para-hydroxylation sites is 1. The number of benzene rings is 1. The molecule has 16 heavy (non-hydrogen) atoms. The van der Waals surface area contributed by atoms with Gasteiger partial charge in [0.2, 0.25) is 10.0 Å². The Morgan fingerprint density at radius 3 is 2.50 bits per heavy atom. The Balaban J connectivity index is 3.02. The topological polar surface area (TPSA) is 104 Å². The van der Waals surface area contributed by atoms with Crippen LogP contribution in [0.15, 0.2) is 24.3 Å². The van der Waals surface area contributed by atoms with E-state index in [2.05, 4.69) is 4.72 Å². The van der Waals surface area contributed by atoms with Crippen molar-refractivity contribution in [2.75, 3.05) is 17.1 Å². The summed E-state index contributed by atoms with van der Waals surface area (Å²) in [6.07, 6.45) is 0. The average molecular weight is 245 g/mol. The van der Waals surface area contributed by atoms with Crippen molar-refractivity contribution >= 4 is 21.7 Å². The molecule has 0 bridgehead atoms. The lowest BCUT2D eigenvalue weighted by atomic mass is 10.2. The second kappa shape index (κ2) is 4.95. The molecular formula is C9H11NO5S. The molecule has 6 nitrogen and oxygen atoms in total. The second-order valence-electron chi connectivity index (χ2n) is 3.00. The molecule has 1 aromatic rings. The normalized spacial score (nSPS) is 11.1. The monoisotopic (exact) mass is 245 g/mol. The smallest absolute Gasteiger partial charge is 0.337 e. The Bertz CT molecular complexity index is 482. The molecule has 0 saturated carbocycles. The van der Waals surface area contributed by atoms with Crippen molar-refractivity contribution in [2.45, 2.75) is 0 Å². The number of nitrogens with one attached hydrogen (secondary N) is 1. The van der Waals surface area contributed by atoms with E-state index in [1.54, 1.807) is 0 Å². The molecule has 0 aliphatic rings. The Kier molecular flexibility index (Phi) is 3.86. The molecule has 0 unspecified atom stereocenters. The number of hydrogen-bond acceptors (Lipinski definition) is 4. The van der Waals surface area contributed by atoms with E-state index in [-0.39, 0.29) is 11.3 Å². The van der Waals surface area contributed by atoms with Gasteiger partial charge in [-0.15, -0.1) is 0 Å². The molecule has 0 atom stereocenters. The van der Waals surface area contributed by atoms with Crippen molar-refractivity contribution in [1.82, 2.24) is 0 Å². The van der Waals surface area contributed by atoms with Crippen LogP contribution in [0.1, 0.15) is 10.4 Å². The van der Waals surface area contributed by atoms with Gasteiger partial charge in [0.05, 0.1) is 23.6 Å². The van der Waals surface area contributed by atoms with Gasteiger partial charge in [-0.1, -0.05) is 12.1 Å². The first-order valence-electron chi connectivity index (χ1n) is 4.40. The van der Waals surface area contributed by atoms with Gasteiger partial charge in [-0.25, -0.2) is 13.2 Å². The van der Waals surface area contributed by atoms with E-state index in [4.69, 9.17) is 10.2 Å². The van der Waals surface area contributed by atoms with Gasteiger partial charge in [0.25, 0.3) is 0 Å². The summed E-state index contributed by atoms with van der Waals surface area (Å²) >= 11 is 0. The Labute approximate surface area is 92.6 Å². The molecule has 0 aliphatic carbocycles. The first kappa shape index (κ1) is 12.5. The molecule has 0 heterocycles. The van der Waals surface area contributed by atoms with E-state index in [0.717, 1.165) is 0 Å². The quantitative estimate of drug-likeness (QED) is 0.683. The predicted molar refractivity (Wildman–Crippen MR) is 57.9 cm³/mol. The van der Waals surface area contributed by atoms with Crippen molar-refractivity contribution in [3.8, 4) is 0 Å². The third-order valence-corrected chi connectivity index (χ3v) is 3.03. The average Bonchev–Trinajstić information content (AvgIpc) is 2.17. The van der Waals surface area contributed by atoms with Crippen molar-refractivity contribution in [2.24, 2.45) is 0 Å². The molecular weight excluding hydrogens is 234 g/mol. The van der Waals surface area contributed by atoms with Crippen molar-refractivity contribution in [3.05, 3.63) is 29.8 Å². The van der Waals surface area contributed by atoms with Crippen LogP contribution in [0.2, 0.25) is 0 Å². The second-order valence-corrected chi connectivity index (χ2v) is 4.84. The minimum absolute atomic E-state index is 0.0107. The summed E-state index contributed by atoms with van der Waals surface area (Å²) in [5.41, 5.74) is -0.146. The number of hydrogen-bond donors (Lipinski definition) is 3. The standard InChI is InChI=1S/C9H11NO5S/c11-5-6-16(14,15)10-8-4-2-1-3-7(8)9(12)13/h1-4,10-11H,5-6H2,(H,12,13). The number of carbonyl (C=O) groups is 1. The Morgan fingerprint density at radius 2 is 1.94 bits per heavy atom. The van der Waals surface area contributed by atoms with Crippen LogP contribution in [0.3, 0.4) is 0 Å². The molecule has 0 amide bonds. The van der Waals surface area contributed by atoms with Gasteiger partial charge in [0, 0.05) is 0 Å². The zero-order valence-corrected chi connectivity index (χ0v) is 9.07. The molecule has 1 rings (SSSR count). The predicted octanol–water partition coefficient (Wildman–Crippen LogP) is 0.119. The third kappa shape index (κ3) is 3.21. The number of anilines is 1. The minimum Gasteiger partial charge on any atom is -0.478 e. The van der Waals surface area contributed by atoms with Gasteiger partial charge in [0.15, 0.2) is 0 Å². The molecule has 3 N–H and O–H groups in total. The van der Waals surface area contributed by atoms with Crippen LogP contribution in [0, 0.1) is 0 Å². The fraction of sp³-hybridized carbons (Fsp3) is 0.222. The first-order valence-corrected chi connectivity index (χ1v) is 6.05. The summed E-state index contributed by atoms with van der Waals surface area (Å²) in [5.74, 6) is -1.69. The highest BCUT2D eigenvalue weighted by Gasteiger charge is 2.14. The molecule has 0 fully saturated rings. The van der Waals surface area contributed by atoms with Gasteiger partial charge < -0.3 is 10.2 Å². The van der Waals surface area contributed by atoms with E-state index >= 15 is 0 Å². The maximum Gasteiger partial charge on any atom is 0.337 e. The van der Waals surface area contributed by atoms with E-state index < -0.39 is 28.4 Å². The lowest BCUT2D eigenvalue weighted by Gasteiger charge is -2.08. The third-order valence-electron chi connectivity index (χ3n) is 1.78. The minimum atomic E-state index is -3.70. The fourth-order valence-corrected chi connectivity index (χ4v) is 1.95. The summed E-state index contributed by atoms with van der Waals surface area (Å²) in [6.45, 7) is -0.523. The highest BCUT2D eigenvalue weighted by atomic mass is 32.2. The van der Waals surface area contributed by atoms with E-state index in [0.29, 0.717) is 0 Å². The first-order chi connectivity index (χ1) is 7.46. The summed E-state index contributed by atoms with van der Waals surface area (Å²) < 4.78 is 24.7. The number of carboxylic acid groups (broad SMARTS) is 1. The van der Waals surface area contributed by atoms with Gasteiger partial charge >= 0.3 is 5.97 Å². The summed E-state index contributed by atoms with van der Waals surface area (Å²) in [4.78, 5) is 10.8. The van der Waals surface area contributed by atoms with Gasteiger partial charge in [-0.3, -0.25) is 4.72 Å². The van der Waals surface area contributed by atoms with Crippen molar-refractivity contribution in [1.29, 1.82) is 0 Å². The lowest BCUT2D eigenvalue weighted by Crippen LogP contribution is -2.20. The number of aliphatic hydroxyl groups excluding tert-OH is 1. The van der Waals surface area contributed by atoms with Gasteiger partial charge in [0.1, 0.15) is 0 Å². The molecule has 88 valence electrons. The summed E-state index contributed by atoms with van der Waals surface area (Å²) in [7, 11) is -3.70.